The number of aromatic nitrogens is 2. The van der Waals surface area contributed by atoms with Gasteiger partial charge in [-0.15, -0.1) is 0 Å². The van der Waals surface area contributed by atoms with Crippen LogP contribution < -0.4 is 0 Å². The molecule has 0 N–H and O–H groups in total. The second kappa shape index (κ2) is 7.49. The highest BCUT2D eigenvalue weighted by molar-refractivity contribution is 6.08. The highest BCUT2D eigenvalue weighted by Crippen LogP contribution is 2.26. The van der Waals surface area contributed by atoms with Crippen molar-refractivity contribution in [1.82, 2.24) is 9.97 Å². The van der Waals surface area contributed by atoms with Crippen LogP contribution >= 0.6 is 0 Å². The monoisotopic (exact) mass is 325 g/mol. The summed E-state index contributed by atoms with van der Waals surface area (Å²) in [6.07, 6.45) is 4.95. The number of benzene rings is 1. The van der Waals surface area contributed by atoms with Gasteiger partial charge in [-0.1, -0.05) is 49.1 Å². The maximum absolute atomic E-state index is 4.72. The summed E-state index contributed by atoms with van der Waals surface area (Å²) in [4.78, 5) is 13.4. The van der Waals surface area contributed by atoms with Crippen molar-refractivity contribution in [3.8, 4) is 22.5 Å². The Labute approximate surface area is 148 Å². The van der Waals surface area contributed by atoms with Crippen molar-refractivity contribution in [3.05, 3.63) is 97.5 Å². The van der Waals surface area contributed by atoms with Crippen LogP contribution in [-0.4, -0.2) is 15.7 Å². The summed E-state index contributed by atoms with van der Waals surface area (Å²) in [5.74, 6) is 0. The van der Waals surface area contributed by atoms with E-state index in [-0.39, 0.29) is 0 Å². The average Bonchev–Trinajstić information content (AvgIpc) is 2.67. The van der Waals surface area contributed by atoms with Gasteiger partial charge in [-0.25, -0.2) is 4.98 Å². The van der Waals surface area contributed by atoms with Gasteiger partial charge in [-0.3, -0.25) is 9.98 Å². The molecule has 0 atom stereocenters. The molecule has 2 heterocycles. The van der Waals surface area contributed by atoms with E-state index in [1.165, 1.54) is 11.8 Å². The minimum Gasteiger partial charge on any atom is -0.255 e. The second-order valence-electron chi connectivity index (χ2n) is 5.61. The Hall–Kier alpha value is -3.33. The molecular formula is C22H19N3. The molecule has 0 spiro atoms. The molecule has 3 aromatic rings. The predicted octanol–water partition coefficient (Wildman–Crippen LogP) is 5.24. The van der Waals surface area contributed by atoms with E-state index >= 15 is 0 Å². The summed E-state index contributed by atoms with van der Waals surface area (Å²) in [5, 5.41) is 0. The third kappa shape index (κ3) is 3.78. The van der Waals surface area contributed by atoms with Crippen molar-refractivity contribution in [2.75, 3.05) is 0 Å². The molecule has 0 saturated carbocycles. The first-order valence-electron chi connectivity index (χ1n) is 8.03. The quantitative estimate of drug-likeness (QED) is 0.602. The molecular weight excluding hydrogens is 306 g/mol. The van der Waals surface area contributed by atoms with Gasteiger partial charge in [0.1, 0.15) is 0 Å². The number of hydrogen-bond donors (Lipinski definition) is 0. The zero-order valence-electron chi connectivity index (χ0n) is 14.2. The van der Waals surface area contributed by atoms with Gasteiger partial charge < -0.3 is 0 Å². The lowest BCUT2D eigenvalue weighted by Gasteiger charge is -2.09. The van der Waals surface area contributed by atoms with Crippen LogP contribution in [0, 0.1) is 6.92 Å². The Balaban J connectivity index is 2.21. The van der Waals surface area contributed by atoms with Gasteiger partial charge in [0.25, 0.3) is 0 Å². The number of hydrogen-bond acceptors (Lipinski definition) is 3. The van der Waals surface area contributed by atoms with E-state index in [0.717, 1.165) is 28.2 Å². The Morgan fingerprint density at radius 2 is 1.76 bits per heavy atom. The van der Waals surface area contributed by atoms with E-state index in [0.29, 0.717) is 5.71 Å². The number of aliphatic imine (C=N–C) groups is 1. The van der Waals surface area contributed by atoms with Gasteiger partial charge in [0, 0.05) is 12.4 Å². The SMILES string of the molecule is C=CN=C(C=C)c1cc(-c2ccc(C)cc2)cc(-c2ccccn2)n1. The fraction of sp³-hybridized carbons (Fsp3) is 0.0455. The van der Waals surface area contributed by atoms with Crippen molar-refractivity contribution < 1.29 is 0 Å². The summed E-state index contributed by atoms with van der Waals surface area (Å²) >= 11 is 0. The molecule has 0 saturated heterocycles. The van der Waals surface area contributed by atoms with Gasteiger partial charge in [-0.2, -0.15) is 0 Å². The molecule has 3 heteroatoms. The smallest absolute Gasteiger partial charge is 0.0900 e. The van der Waals surface area contributed by atoms with Gasteiger partial charge in [0.15, 0.2) is 0 Å². The average molecular weight is 325 g/mol. The first-order chi connectivity index (χ1) is 12.2. The number of pyridine rings is 2. The zero-order chi connectivity index (χ0) is 17.6. The first kappa shape index (κ1) is 16.5. The molecule has 0 amide bonds. The molecule has 2 aromatic heterocycles. The van der Waals surface area contributed by atoms with Gasteiger partial charge >= 0.3 is 0 Å². The third-order valence-corrected chi connectivity index (χ3v) is 3.82. The van der Waals surface area contributed by atoms with Crippen molar-refractivity contribution >= 4 is 5.71 Å². The maximum atomic E-state index is 4.72. The summed E-state index contributed by atoms with van der Waals surface area (Å²) < 4.78 is 0. The number of aryl methyl sites for hydroxylation is 1. The van der Waals surface area contributed by atoms with Gasteiger partial charge in [-0.05, 0) is 48.4 Å². The van der Waals surface area contributed by atoms with E-state index in [2.05, 4.69) is 54.3 Å². The van der Waals surface area contributed by atoms with E-state index < -0.39 is 0 Å². The van der Waals surface area contributed by atoms with Gasteiger partial charge in [0.2, 0.25) is 0 Å². The Morgan fingerprint density at radius 1 is 0.960 bits per heavy atom. The van der Waals surface area contributed by atoms with E-state index in [1.807, 2.05) is 30.3 Å². The summed E-state index contributed by atoms with van der Waals surface area (Å²) in [5.41, 5.74) is 6.45. The lowest BCUT2D eigenvalue weighted by atomic mass is 10.0. The predicted molar refractivity (Wildman–Crippen MR) is 105 cm³/mol. The Kier molecular flexibility index (Phi) is 4.95. The van der Waals surface area contributed by atoms with Crippen molar-refractivity contribution in [2.45, 2.75) is 6.92 Å². The van der Waals surface area contributed by atoms with E-state index in [9.17, 15) is 0 Å². The fourth-order valence-electron chi connectivity index (χ4n) is 2.54. The highest BCUT2D eigenvalue weighted by Gasteiger charge is 2.10. The Bertz CT molecular complexity index is 923. The van der Waals surface area contributed by atoms with Crippen molar-refractivity contribution in [1.29, 1.82) is 0 Å². The molecule has 0 bridgehead atoms. The van der Waals surface area contributed by atoms with Crippen LogP contribution in [0.1, 0.15) is 11.3 Å². The van der Waals surface area contributed by atoms with Crippen LogP contribution in [0.5, 0.6) is 0 Å². The molecule has 0 fully saturated rings. The Morgan fingerprint density at radius 3 is 2.40 bits per heavy atom. The first-order valence-corrected chi connectivity index (χ1v) is 8.03. The zero-order valence-corrected chi connectivity index (χ0v) is 14.2. The largest absolute Gasteiger partial charge is 0.255 e. The summed E-state index contributed by atoms with van der Waals surface area (Å²) in [6.45, 7) is 9.58. The lowest BCUT2D eigenvalue weighted by molar-refractivity contribution is 1.23. The lowest BCUT2D eigenvalue weighted by Crippen LogP contribution is -2.02. The topological polar surface area (TPSA) is 38.1 Å². The number of nitrogens with zero attached hydrogens (tertiary/aromatic N) is 3. The van der Waals surface area contributed by atoms with Crippen LogP contribution in [0.4, 0.5) is 0 Å². The standard InChI is InChI=1S/C22H19N3/c1-4-19(23-5-2)21-14-18(17-11-9-16(3)10-12-17)15-22(25-21)20-8-6-7-13-24-20/h4-15H,1-2H2,3H3. The molecule has 0 radical (unpaired) electrons. The molecule has 0 aliphatic heterocycles. The van der Waals surface area contributed by atoms with Crippen molar-refractivity contribution in [3.63, 3.8) is 0 Å². The number of rotatable bonds is 5. The van der Waals surface area contributed by atoms with Crippen LogP contribution in [-0.2, 0) is 0 Å². The van der Waals surface area contributed by atoms with Crippen LogP contribution in [0.15, 0.2) is 91.2 Å². The normalized spacial score (nSPS) is 11.2. The van der Waals surface area contributed by atoms with E-state index in [1.54, 1.807) is 12.3 Å². The molecule has 0 unspecified atom stereocenters. The van der Waals surface area contributed by atoms with Crippen LogP contribution in [0.25, 0.3) is 22.5 Å². The third-order valence-electron chi connectivity index (χ3n) is 3.82. The molecule has 3 nitrogen and oxygen atoms in total. The minimum absolute atomic E-state index is 0.682. The summed E-state index contributed by atoms with van der Waals surface area (Å²) in [7, 11) is 0. The minimum atomic E-state index is 0.682. The molecule has 0 aliphatic carbocycles. The summed E-state index contributed by atoms with van der Waals surface area (Å²) in [6, 6.07) is 18.3. The molecule has 122 valence electrons. The maximum Gasteiger partial charge on any atom is 0.0900 e. The second-order valence-corrected chi connectivity index (χ2v) is 5.61. The van der Waals surface area contributed by atoms with Crippen LogP contribution in [0.2, 0.25) is 0 Å². The molecule has 3 rings (SSSR count). The van der Waals surface area contributed by atoms with Gasteiger partial charge in [0.05, 0.1) is 22.8 Å². The number of allylic oxidation sites excluding steroid dienone is 1. The van der Waals surface area contributed by atoms with Crippen molar-refractivity contribution in [2.24, 2.45) is 4.99 Å². The highest BCUT2D eigenvalue weighted by atomic mass is 14.8. The van der Waals surface area contributed by atoms with Crippen LogP contribution in [0.3, 0.4) is 0 Å². The molecule has 1 aromatic carbocycles. The molecule has 25 heavy (non-hydrogen) atoms. The fourth-order valence-corrected chi connectivity index (χ4v) is 2.54. The molecule has 0 aliphatic rings. The van der Waals surface area contributed by atoms with E-state index in [4.69, 9.17) is 4.98 Å².